The Balaban J connectivity index is 2.40. The molecule has 5 heteroatoms. The molecular weight excluding hydrogens is 252 g/mol. The first-order valence-electron chi connectivity index (χ1n) is 6.83. The van der Waals surface area contributed by atoms with Crippen molar-refractivity contribution >= 4 is 28.3 Å². The lowest BCUT2D eigenvalue weighted by molar-refractivity contribution is 0.252. The third kappa shape index (κ3) is 2.99. The average Bonchev–Trinajstić information content (AvgIpc) is 2.42. The van der Waals surface area contributed by atoms with Crippen molar-refractivity contribution in [1.29, 1.82) is 0 Å². The van der Waals surface area contributed by atoms with Gasteiger partial charge in [-0.3, -0.25) is 5.32 Å². The molecule has 3 N–H and O–H groups in total. The van der Waals surface area contributed by atoms with Crippen molar-refractivity contribution in [3.63, 3.8) is 0 Å². The number of nitrogens with zero attached hydrogens (tertiary/aromatic N) is 1. The first kappa shape index (κ1) is 14.1. The molecule has 1 aromatic heterocycles. The molecular formula is C15H20N4O. The molecule has 106 valence electrons. The van der Waals surface area contributed by atoms with Crippen molar-refractivity contribution in [3.05, 3.63) is 30.0 Å². The van der Waals surface area contributed by atoms with E-state index in [-0.39, 0.29) is 6.03 Å². The van der Waals surface area contributed by atoms with Crippen molar-refractivity contribution in [2.24, 2.45) is 0 Å². The van der Waals surface area contributed by atoms with Crippen LogP contribution in [0.3, 0.4) is 0 Å². The smallest absolute Gasteiger partial charge is 0.320 e. The van der Waals surface area contributed by atoms with E-state index in [1.54, 1.807) is 6.20 Å². The van der Waals surface area contributed by atoms with Gasteiger partial charge in [-0.25, -0.2) is 9.78 Å². The SMILES string of the molecule is CCNC(=O)Nc1cc2c(NCC)ccc(C)c2cn1. The Hall–Kier alpha value is -2.30. The number of carbonyl (C=O) groups excluding carboxylic acids is 1. The summed E-state index contributed by atoms with van der Waals surface area (Å²) in [4.78, 5) is 15.8. The molecule has 0 saturated carbocycles. The maximum absolute atomic E-state index is 11.5. The van der Waals surface area contributed by atoms with Gasteiger partial charge in [0.2, 0.25) is 0 Å². The molecule has 5 nitrogen and oxygen atoms in total. The normalized spacial score (nSPS) is 10.3. The van der Waals surface area contributed by atoms with Gasteiger partial charge in [-0.15, -0.1) is 0 Å². The molecule has 0 bridgehead atoms. The summed E-state index contributed by atoms with van der Waals surface area (Å²) in [7, 11) is 0. The van der Waals surface area contributed by atoms with Gasteiger partial charge in [0, 0.05) is 35.7 Å². The first-order valence-corrected chi connectivity index (χ1v) is 6.83. The first-order chi connectivity index (χ1) is 9.65. The number of benzene rings is 1. The van der Waals surface area contributed by atoms with E-state index in [0.29, 0.717) is 12.4 Å². The maximum atomic E-state index is 11.5. The molecule has 0 unspecified atom stereocenters. The van der Waals surface area contributed by atoms with Crippen LogP contribution in [0.2, 0.25) is 0 Å². The highest BCUT2D eigenvalue weighted by molar-refractivity contribution is 5.98. The molecule has 0 spiro atoms. The van der Waals surface area contributed by atoms with Gasteiger partial charge in [0.25, 0.3) is 0 Å². The molecule has 20 heavy (non-hydrogen) atoms. The molecule has 0 aliphatic heterocycles. The van der Waals surface area contributed by atoms with Crippen molar-refractivity contribution < 1.29 is 4.79 Å². The average molecular weight is 272 g/mol. The van der Waals surface area contributed by atoms with E-state index < -0.39 is 0 Å². The predicted octanol–water partition coefficient (Wildman–Crippen LogP) is 3.12. The van der Waals surface area contributed by atoms with Crippen LogP contribution < -0.4 is 16.0 Å². The largest absolute Gasteiger partial charge is 0.385 e. The molecule has 0 aliphatic carbocycles. The standard InChI is InChI=1S/C15H20N4O/c1-4-16-13-7-6-10(3)12-9-18-14(8-11(12)13)19-15(20)17-5-2/h6-9,16H,4-5H2,1-3H3,(H2,17,18,19,20). The number of nitrogens with one attached hydrogen (secondary N) is 3. The second kappa shape index (κ2) is 6.23. The molecule has 0 atom stereocenters. The van der Waals surface area contributed by atoms with E-state index >= 15 is 0 Å². The van der Waals surface area contributed by atoms with E-state index in [0.717, 1.165) is 23.0 Å². The number of aromatic nitrogens is 1. The van der Waals surface area contributed by atoms with Crippen LogP contribution >= 0.6 is 0 Å². The lowest BCUT2D eigenvalue weighted by Gasteiger charge is -2.12. The summed E-state index contributed by atoms with van der Waals surface area (Å²) in [6.45, 7) is 7.41. The van der Waals surface area contributed by atoms with E-state index in [4.69, 9.17) is 0 Å². The number of hydrogen-bond donors (Lipinski definition) is 3. The number of amides is 2. The fourth-order valence-corrected chi connectivity index (χ4v) is 2.11. The second-order valence-corrected chi connectivity index (χ2v) is 4.56. The number of fused-ring (bicyclic) bond motifs is 1. The van der Waals surface area contributed by atoms with Gasteiger partial charge >= 0.3 is 6.03 Å². The van der Waals surface area contributed by atoms with Gasteiger partial charge in [0.1, 0.15) is 5.82 Å². The van der Waals surface area contributed by atoms with Gasteiger partial charge in [-0.1, -0.05) is 6.07 Å². The monoisotopic (exact) mass is 272 g/mol. The van der Waals surface area contributed by atoms with Crippen LogP contribution in [0.1, 0.15) is 19.4 Å². The van der Waals surface area contributed by atoms with E-state index in [9.17, 15) is 4.79 Å². The number of aryl methyl sites for hydroxylation is 1. The van der Waals surface area contributed by atoms with Crippen LogP contribution in [0.4, 0.5) is 16.3 Å². The Labute approximate surface area is 118 Å². The Morgan fingerprint density at radius 3 is 2.70 bits per heavy atom. The number of anilines is 2. The molecule has 1 heterocycles. The second-order valence-electron chi connectivity index (χ2n) is 4.56. The Morgan fingerprint density at radius 1 is 1.20 bits per heavy atom. The fraction of sp³-hybridized carbons (Fsp3) is 0.333. The maximum Gasteiger partial charge on any atom is 0.320 e. The van der Waals surface area contributed by atoms with Crippen molar-refractivity contribution in [1.82, 2.24) is 10.3 Å². The molecule has 2 amide bonds. The third-order valence-corrected chi connectivity index (χ3v) is 3.07. The van der Waals surface area contributed by atoms with Gasteiger partial charge < -0.3 is 10.6 Å². The van der Waals surface area contributed by atoms with Gasteiger partial charge in [-0.2, -0.15) is 0 Å². The summed E-state index contributed by atoms with van der Waals surface area (Å²) < 4.78 is 0. The van der Waals surface area contributed by atoms with Crippen molar-refractivity contribution in [2.45, 2.75) is 20.8 Å². The molecule has 0 aliphatic rings. The number of carbonyl (C=O) groups is 1. The molecule has 1 aromatic carbocycles. The molecule has 2 rings (SSSR count). The quantitative estimate of drug-likeness (QED) is 0.801. The molecule has 0 saturated heterocycles. The summed E-state index contributed by atoms with van der Waals surface area (Å²) in [5, 5.41) is 10.9. The summed E-state index contributed by atoms with van der Waals surface area (Å²) >= 11 is 0. The van der Waals surface area contributed by atoms with Crippen LogP contribution in [-0.4, -0.2) is 24.1 Å². The highest BCUT2D eigenvalue weighted by Gasteiger charge is 2.07. The van der Waals surface area contributed by atoms with Crippen molar-refractivity contribution in [2.75, 3.05) is 23.7 Å². The summed E-state index contributed by atoms with van der Waals surface area (Å²) in [6, 6.07) is 5.78. The minimum absolute atomic E-state index is 0.239. The van der Waals surface area contributed by atoms with Crippen LogP contribution in [-0.2, 0) is 0 Å². The van der Waals surface area contributed by atoms with Crippen LogP contribution in [0.15, 0.2) is 24.4 Å². The van der Waals surface area contributed by atoms with Crippen molar-refractivity contribution in [3.8, 4) is 0 Å². The number of urea groups is 1. The van der Waals surface area contributed by atoms with Crippen LogP contribution in [0.25, 0.3) is 10.8 Å². The highest BCUT2D eigenvalue weighted by Crippen LogP contribution is 2.27. The molecule has 0 radical (unpaired) electrons. The Kier molecular flexibility index (Phi) is 4.40. The lowest BCUT2D eigenvalue weighted by Crippen LogP contribution is -2.28. The zero-order chi connectivity index (χ0) is 14.5. The topological polar surface area (TPSA) is 66.1 Å². The van der Waals surface area contributed by atoms with E-state index in [2.05, 4.69) is 46.9 Å². The zero-order valence-corrected chi connectivity index (χ0v) is 12.1. The summed E-state index contributed by atoms with van der Waals surface area (Å²) in [5.41, 5.74) is 2.22. The Bertz CT molecular complexity index is 625. The third-order valence-electron chi connectivity index (χ3n) is 3.07. The van der Waals surface area contributed by atoms with Gasteiger partial charge in [-0.05, 0) is 38.5 Å². The minimum atomic E-state index is -0.239. The van der Waals surface area contributed by atoms with E-state index in [1.807, 2.05) is 13.0 Å². The summed E-state index contributed by atoms with van der Waals surface area (Å²) in [6.07, 6.45) is 1.80. The van der Waals surface area contributed by atoms with Crippen LogP contribution in [0.5, 0.6) is 0 Å². The number of rotatable bonds is 4. The minimum Gasteiger partial charge on any atom is -0.385 e. The predicted molar refractivity (Wildman–Crippen MR) is 83.3 cm³/mol. The molecule has 0 fully saturated rings. The highest BCUT2D eigenvalue weighted by atomic mass is 16.2. The van der Waals surface area contributed by atoms with E-state index in [1.165, 1.54) is 5.56 Å². The fourth-order valence-electron chi connectivity index (χ4n) is 2.11. The van der Waals surface area contributed by atoms with Gasteiger partial charge in [0.05, 0.1) is 0 Å². The number of pyridine rings is 1. The Morgan fingerprint density at radius 2 is 2.00 bits per heavy atom. The van der Waals surface area contributed by atoms with Crippen LogP contribution in [0, 0.1) is 6.92 Å². The lowest BCUT2D eigenvalue weighted by atomic mass is 10.1. The number of hydrogen-bond acceptors (Lipinski definition) is 3. The molecule has 2 aromatic rings. The van der Waals surface area contributed by atoms with Gasteiger partial charge in [0.15, 0.2) is 0 Å². The zero-order valence-electron chi connectivity index (χ0n) is 12.1. The summed E-state index contributed by atoms with van der Waals surface area (Å²) in [5.74, 6) is 0.549.